The lowest BCUT2D eigenvalue weighted by Gasteiger charge is -2.24. The van der Waals surface area contributed by atoms with Gasteiger partial charge < -0.3 is 15.0 Å². The van der Waals surface area contributed by atoms with E-state index in [1.165, 1.54) is 4.57 Å². The summed E-state index contributed by atoms with van der Waals surface area (Å²) in [6.45, 7) is 2.04. The number of hydrogen-bond acceptors (Lipinski definition) is 5. The van der Waals surface area contributed by atoms with Crippen LogP contribution in [0.1, 0.15) is 18.7 Å². The molecule has 3 aromatic rings. The highest BCUT2D eigenvalue weighted by Gasteiger charge is 2.34. The second-order valence-electron chi connectivity index (χ2n) is 7.53. The molecule has 1 fully saturated rings. The van der Waals surface area contributed by atoms with Crippen LogP contribution in [0.2, 0.25) is 0 Å². The summed E-state index contributed by atoms with van der Waals surface area (Å²) in [6, 6.07) is 13.5. The van der Waals surface area contributed by atoms with Gasteiger partial charge in [0.25, 0.3) is 5.56 Å². The van der Waals surface area contributed by atoms with Gasteiger partial charge in [0.1, 0.15) is 24.2 Å². The minimum Gasteiger partial charge on any atom is -0.497 e. The number of anilines is 1. The van der Waals surface area contributed by atoms with Crippen LogP contribution in [-0.4, -0.2) is 46.0 Å². The van der Waals surface area contributed by atoms with Crippen LogP contribution in [0.15, 0.2) is 53.3 Å². The third kappa shape index (κ3) is 4.14. The van der Waals surface area contributed by atoms with Crippen molar-refractivity contribution in [2.75, 3.05) is 19.0 Å². The number of nitrogens with one attached hydrogen (secondary N) is 1. The largest absolute Gasteiger partial charge is 0.497 e. The van der Waals surface area contributed by atoms with Crippen LogP contribution in [0.25, 0.3) is 10.9 Å². The number of aryl methyl sites for hydroxylation is 1. The second-order valence-corrected chi connectivity index (χ2v) is 7.53. The standard InChI is InChI=1S/C23H24N4O4/c1-15-24-19-7-4-3-6-18(19)23(30)27(15)14-21(28)26-13-5-8-20(26)22(29)25-16-9-11-17(31-2)12-10-16/h3-4,6-7,9-12,20H,5,8,13-14H2,1-2H3,(H,25,29). The molecule has 0 radical (unpaired) electrons. The first-order valence-corrected chi connectivity index (χ1v) is 10.2. The summed E-state index contributed by atoms with van der Waals surface area (Å²) >= 11 is 0. The molecule has 2 aromatic carbocycles. The molecular formula is C23H24N4O4. The number of fused-ring (bicyclic) bond motifs is 1. The van der Waals surface area contributed by atoms with Gasteiger partial charge in [0.15, 0.2) is 0 Å². The quantitative estimate of drug-likeness (QED) is 0.684. The number of para-hydroxylation sites is 1. The maximum atomic E-state index is 13.0. The van der Waals surface area contributed by atoms with Crippen molar-refractivity contribution in [2.24, 2.45) is 0 Å². The number of methoxy groups -OCH3 is 1. The molecule has 1 saturated heterocycles. The van der Waals surface area contributed by atoms with E-state index in [0.717, 1.165) is 6.42 Å². The zero-order valence-electron chi connectivity index (χ0n) is 17.5. The van der Waals surface area contributed by atoms with E-state index in [1.54, 1.807) is 61.4 Å². The van der Waals surface area contributed by atoms with Gasteiger partial charge in [-0.15, -0.1) is 0 Å². The van der Waals surface area contributed by atoms with Gasteiger partial charge in [-0.25, -0.2) is 4.98 Å². The molecule has 4 rings (SSSR count). The van der Waals surface area contributed by atoms with Crippen LogP contribution in [0.3, 0.4) is 0 Å². The molecule has 2 amide bonds. The lowest BCUT2D eigenvalue weighted by Crippen LogP contribution is -2.45. The van der Waals surface area contributed by atoms with E-state index in [4.69, 9.17) is 4.74 Å². The molecule has 0 saturated carbocycles. The van der Waals surface area contributed by atoms with Crippen molar-refractivity contribution in [3.8, 4) is 5.75 Å². The number of carbonyl (C=O) groups is 2. The second kappa shape index (κ2) is 8.59. The van der Waals surface area contributed by atoms with Gasteiger partial charge >= 0.3 is 0 Å². The first-order valence-electron chi connectivity index (χ1n) is 10.2. The van der Waals surface area contributed by atoms with Crippen molar-refractivity contribution >= 4 is 28.4 Å². The maximum Gasteiger partial charge on any atom is 0.261 e. The molecule has 0 spiro atoms. The normalized spacial score (nSPS) is 15.8. The molecular weight excluding hydrogens is 396 g/mol. The number of carbonyl (C=O) groups excluding carboxylic acids is 2. The number of amides is 2. The maximum absolute atomic E-state index is 13.0. The van der Waals surface area contributed by atoms with Crippen molar-refractivity contribution in [1.29, 1.82) is 0 Å². The molecule has 8 nitrogen and oxygen atoms in total. The fourth-order valence-electron chi connectivity index (χ4n) is 3.93. The molecule has 31 heavy (non-hydrogen) atoms. The van der Waals surface area contributed by atoms with Gasteiger partial charge in [0, 0.05) is 12.2 Å². The molecule has 0 bridgehead atoms. The smallest absolute Gasteiger partial charge is 0.261 e. The lowest BCUT2D eigenvalue weighted by molar-refractivity contribution is -0.137. The van der Waals surface area contributed by atoms with Crippen molar-refractivity contribution in [2.45, 2.75) is 32.4 Å². The van der Waals surface area contributed by atoms with E-state index in [-0.39, 0.29) is 23.9 Å². The Morgan fingerprint density at radius 1 is 1.16 bits per heavy atom. The van der Waals surface area contributed by atoms with Crippen LogP contribution >= 0.6 is 0 Å². The fraction of sp³-hybridized carbons (Fsp3) is 0.304. The molecule has 1 aliphatic heterocycles. The van der Waals surface area contributed by atoms with Crippen molar-refractivity contribution < 1.29 is 14.3 Å². The van der Waals surface area contributed by atoms with Crippen LogP contribution in [0.4, 0.5) is 5.69 Å². The van der Waals surface area contributed by atoms with E-state index < -0.39 is 6.04 Å². The van der Waals surface area contributed by atoms with Crippen LogP contribution in [0.5, 0.6) is 5.75 Å². The number of aromatic nitrogens is 2. The topological polar surface area (TPSA) is 93.5 Å². The Kier molecular flexibility index (Phi) is 5.70. The first kappa shape index (κ1) is 20.6. The first-order chi connectivity index (χ1) is 15.0. The third-order valence-electron chi connectivity index (χ3n) is 5.58. The van der Waals surface area contributed by atoms with Gasteiger partial charge in [-0.3, -0.25) is 19.0 Å². The minimum absolute atomic E-state index is 0.144. The highest BCUT2D eigenvalue weighted by molar-refractivity contribution is 5.97. The Hall–Kier alpha value is -3.68. The molecule has 1 atom stereocenters. The molecule has 160 valence electrons. The molecule has 8 heteroatoms. The van der Waals surface area contributed by atoms with E-state index in [0.29, 0.717) is 41.1 Å². The Labute approximate surface area is 179 Å². The molecule has 0 aliphatic carbocycles. The van der Waals surface area contributed by atoms with Crippen LogP contribution in [-0.2, 0) is 16.1 Å². The van der Waals surface area contributed by atoms with E-state index in [1.807, 2.05) is 6.07 Å². The summed E-state index contributed by atoms with van der Waals surface area (Å²) in [5.74, 6) is 0.655. The van der Waals surface area contributed by atoms with Gasteiger partial charge in [0.05, 0.1) is 18.0 Å². The Balaban J connectivity index is 1.51. The summed E-state index contributed by atoms with van der Waals surface area (Å²) < 4.78 is 6.50. The molecule has 1 unspecified atom stereocenters. The van der Waals surface area contributed by atoms with Crippen molar-refractivity contribution in [3.63, 3.8) is 0 Å². The van der Waals surface area contributed by atoms with Gasteiger partial charge in [0.2, 0.25) is 11.8 Å². The van der Waals surface area contributed by atoms with Crippen LogP contribution < -0.4 is 15.6 Å². The number of ether oxygens (including phenoxy) is 1. The predicted octanol–water partition coefficient (Wildman–Crippen LogP) is 2.34. The predicted molar refractivity (Wildman–Crippen MR) is 117 cm³/mol. The molecule has 2 heterocycles. The van der Waals surface area contributed by atoms with Crippen molar-refractivity contribution in [1.82, 2.24) is 14.5 Å². The third-order valence-corrected chi connectivity index (χ3v) is 5.58. The summed E-state index contributed by atoms with van der Waals surface area (Å²) in [7, 11) is 1.58. The SMILES string of the molecule is COc1ccc(NC(=O)C2CCCN2C(=O)Cn2c(C)nc3ccccc3c2=O)cc1. The average molecular weight is 420 g/mol. The van der Waals surface area contributed by atoms with E-state index >= 15 is 0 Å². The van der Waals surface area contributed by atoms with E-state index in [9.17, 15) is 14.4 Å². The summed E-state index contributed by atoms with van der Waals surface area (Å²) in [5, 5.41) is 3.33. The summed E-state index contributed by atoms with van der Waals surface area (Å²) in [4.78, 5) is 44.7. The Morgan fingerprint density at radius 2 is 1.90 bits per heavy atom. The number of nitrogens with zero attached hydrogens (tertiary/aromatic N) is 3. The van der Waals surface area contributed by atoms with Gasteiger partial charge in [-0.1, -0.05) is 12.1 Å². The number of hydrogen-bond donors (Lipinski definition) is 1. The highest BCUT2D eigenvalue weighted by atomic mass is 16.5. The summed E-state index contributed by atoms with van der Waals surface area (Å²) in [6.07, 6.45) is 1.31. The van der Waals surface area contributed by atoms with E-state index in [2.05, 4.69) is 10.3 Å². The van der Waals surface area contributed by atoms with Gasteiger partial charge in [-0.2, -0.15) is 0 Å². The fourth-order valence-corrected chi connectivity index (χ4v) is 3.93. The molecule has 1 N–H and O–H groups in total. The minimum atomic E-state index is -0.570. The Morgan fingerprint density at radius 3 is 2.65 bits per heavy atom. The average Bonchev–Trinajstić information content (AvgIpc) is 3.27. The van der Waals surface area contributed by atoms with Crippen molar-refractivity contribution in [3.05, 3.63) is 64.7 Å². The number of likely N-dealkylation sites (tertiary alicyclic amines) is 1. The van der Waals surface area contributed by atoms with Gasteiger partial charge in [-0.05, 0) is 56.2 Å². The molecule has 1 aromatic heterocycles. The zero-order chi connectivity index (χ0) is 22.0. The number of benzene rings is 2. The summed E-state index contributed by atoms with van der Waals surface area (Å²) in [5.41, 5.74) is 0.984. The Bertz CT molecular complexity index is 1190. The highest BCUT2D eigenvalue weighted by Crippen LogP contribution is 2.21. The zero-order valence-corrected chi connectivity index (χ0v) is 17.5. The number of rotatable bonds is 5. The monoisotopic (exact) mass is 420 g/mol. The lowest BCUT2D eigenvalue weighted by atomic mass is 10.2. The van der Waals surface area contributed by atoms with Crippen LogP contribution in [0, 0.1) is 6.92 Å². The molecule has 1 aliphatic rings.